The minimum atomic E-state index is -3.53. The van der Waals surface area contributed by atoms with Gasteiger partial charge in [0.15, 0.2) is 15.4 Å². The van der Waals surface area contributed by atoms with Gasteiger partial charge >= 0.3 is 11.9 Å². The minimum absolute atomic E-state index is 0.0748. The molecule has 0 aromatic heterocycles. The normalized spacial score (nSPS) is 19.8. The molecule has 2 heterocycles. The molecule has 3 rings (SSSR count). The van der Waals surface area contributed by atoms with Crippen molar-refractivity contribution >= 4 is 33.2 Å². The van der Waals surface area contributed by atoms with E-state index in [1.54, 1.807) is 12.1 Å². The fourth-order valence-electron chi connectivity index (χ4n) is 3.41. The zero-order valence-electron chi connectivity index (χ0n) is 16.9. The average Bonchev–Trinajstić information content (AvgIpc) is 2.88. The van der Waals surface area contributed by atoms with Crippen LogP contribution in [-0.2, 0) is 28.9 Å². The Morgan fingerprint density at radius 1 is 1.03 bits per heavy atom. The molecule has 0 unspecified atom stereocenters. The number of carbonyl (C=O) groups is 2. The third-order valence-corrected chi connectivity index (χ3v) is 5.98. The number of nitrogens with zero attached hydrogens (tertiary/aromatic N) is 1. The van der Waals surface area contributed by atoms with Crippen molar-refractivity contribution in [3.8, 4) is 0 Å². The van der Waals surface area contributed by atoms with Crippen molar-refractivity contribution in [3.63, 3.8) is 0 Å². The number of hydrogen-bond acceptors (Lipinski definition) is 8. The van der Waals surface area contributed by atoms with Crippen LogP contribution in [0.25, 0.3) is 0 Å². The van der Waals surface area contributed by atoms with Gasteiger partial charge < -0.3 is 19.7 Å². The number of hydrogen-bond donors (Lipinski definition) is 1. The highest BCUT2D eigenvalue weighted by Gasteiger charge is 2.39. The fraction of sp³-hybridized carbons (Fsp3) is 0.500. The molecule has 158 valence electrons. The zero-order chi connectivity index (χ0) is 21.2. The van der Waals surface area contributed by atoms with Gasteiger partial charge in [-0.15, -0.1) is 0 Å². The highest BCUT2D eigenvalue weighted by molar-refractivity contribution is 7.90. The molecular weight excluding hydrogens is 396 g/mol. The number of carbonyl (C=O) groups excluding carboxylic acids is 2. The first kappa shape index (κ1) is 21.2. The quantitative estimate of drug-likeness (QED) is 0.449. The topological polar surface area (TPSA) is 102 Å². The van der Waals surface area contributed by atoms with Gasteiger partial charge in [0, 0.05) is 45.1 Å². The van der Waals surface area contributed by atoms with Crippen LogP contribution >= 0.6 is 0 Å². The summed E-state index contributed by atoms with van der Waals surface area (Å²) in [5.74, 6) is -3.00. The largest absolute Gasteiger partial charge is 0.419 e. The number of ether oxygens (including phenoxy) is 2. The van der Waals surface area contributed by atoms with Gasteiger partial charge in [-0.25, -0.2) is 18.0 Å². The molecule has 0 aliphatic carbocycles. The number of rotatable bonds is 4. The van der Waals surface area contributed by atoms with E-state index in [2.05, 4.69) is 10.2 Å². The van der Waals surface area contributed by atoms with Crippen LogP contribution in [0.15, 0.2) is 34.9 Å². The minimum Gasteiger partial charge on any atom is -0.419 e. The van der Waals surface area contributed by atoms with Gasteiger partial charge in [-0.2, -0.15) is 0 Å². The first-order chi connectivity index (χ1) is 13.6. The highest BCUT2D eigenvalue weighted by Crippen LogP contribution is 2.30. The highest BCUT2D eigenvalue weighted by atomic mass is 32.2. The van der Waals surface area contributed by atoms with Gasteiger partial charge in [0.05, 0.1) is 10.6 Å². The van der Waals surface area contributed by atoms with Gasteiger partial charge in [-0.1, -0.05) is 12.8 Å². The maximum absolute atomic E-state index is 12.2. The predicted octanol–water partition coefficient (Wildman–Crippen LogP) is 2.60. The second-order valence-electron chi connectivity index (χ2n) is 7.74. The van der Waals surface area contributed by atoms with Crippen molar-refractivity contribution in [3.05, 3.63) is 30.0 Å². The second-order valence-corrected chi connectivity index (χ2v) is 9.72. The number of anilines is 2. The molecule has 0 bridgehead atoms. The second kappa shape index (κ2) is 8.06. The van der Waals surface area contributed by atoms with E-state index in [0.29, 0.717) is 0 Å². The molecule has 0 amide bonds. The average molecular weight is 423 g/mol. The first-order valence-corrected chi connectivity index (χ1v) is 11.5. The molecule has 29 heavy (non-hydrogen) atoms. The van der Waals surface area contributed by atoms with E-state index in [0.717, 1.165) is 44.1 Å². The molecule has 2 fully saturated rings. The monoisotopic (exact) mass is 422 g/mol. The van der Waals surface area contributed by atoms with Crippen LogP contribution in [0.2, 0.25) is 0 Å². The van der Waals surface area contributed by atoms with E-state index in [1.807, 2.05) is 0 Å². The molecule has 0 saturated carbocycles. The molecule has 2 aliphatic rings. The van der Waals surface area contributed by atoms with E-state index >= 15 is 0 Å². The molecule has 2 aliphatic heterocycles. The van der Waals surface area contributed by atoms with Crippen molar-refractivity contribution in [2.24, 2.45) is 0 Å². The Kier molecular flexibility index (Phi) is 5.88. The maximum atomic E-state index is 12.2. The maximum Gasteiger partial charge on any atom is 0.350 e. The van der Waals surface area contributed by atoms with Crippen LogP contribution in [-0.4, -0.2) is 45.5 Å². The summed E-state index contributed by atoms with van der Waals surface area (Å²) >= 11 is 0. The van der Waals surface area contributed by atoms with Crippen LogP contribution in [0.1, 0.15) is 39.5 Å². The summed E-state index contributed by atoms with van der Waals surface area (Å²) in [6.45, 7) is 4.71. The van der Waals surface area contributed by atoms with E-state index in [4.69, 9.17) is 9.47 Å². The Morgan fingerprint density at radius 3 is 2.17 bits per heavy atom. The van der Waals surface area contributed by atoms with Crippen LogP contribution in [0.5, 0.6) is 0 Å². The van der Waals surface area contributed by atoms with Crippen LogP contribution in [0, 0.1) is 0 Å². The molecule has 9 heteroatoms. The predicted molar refractivity (Wildman–Crippen MR) is 108 cm³/mol. The summed E-state index contributed by atoms with van der Waals surface area (Å²) in [5, 5.41) is 2.80. The molecule has 2 saturated heterocycles. The summed E-state index contributed by atoms with van der Waals surface area (Å²) < 4.78 is 34.5. The lowest BCUT2D eigenvalue weighted by atomic mass is 10.2. The summed E-state index contributed by atoms with van der Waals surface area (Å²) in [7, 11) is -3.53. The standard InChI is InChI=1S/C20H26N2O6S/c1-20(2)27-18(23)15(19(24)28-20)13-21-16-12-14(8-9-17(16)29(3,25)26)22-10-6-4-5-7-11-22/h8-9,12-13,21H,4-7,10-11H2,1-3H3. The van der Waals surface area contributed by atoms with Gasteiger partial charge in [-0.3, -0.25) is 0 Å². The van der Waals surface area contributed by atoms with Crippen molar-refractivity contribution in [2.75, 3.05) is 29.6 Å². The Labute approximate surface area is 170 Å². The molecule has 1 aromatic rings. The van der Waals surface area contributed by atoms with E-state index in [-0.39, 0.29) is 16.2 Å². The van der Waals surface area contributed by atoms with Crippen molar-refractivity contribution in [2.45, 2.75) is 50.2 Å². The van der Waals surface area contributed by atoms with Crippen LogP contribution in [0.4, 0.5) is 11.4 Å². The first-order valence-electron chi connectivity index (χ1n) is 9.59. The van der Waals surface area contributed by atoms with Crippen molar-refractivity contribution in [1.29, 1.82) is 0 Å². The summed E-state index contributed by atoms with van der Waals surface area (Å²) in [4.78, 5) is 26.5. The lowest BCUT2D eigenvalue weighted by molar-refractivity contribution is -0.222. The summed E-state index contributed by atoms with van der Waals surface area (Å²) in [6, 6.07) is 5.05. The van der Waals surface area contributed by atoms with Gasteiger partial charge in [-0.05, 0) is 31.0 Å². The molecule has 1 aromatic carbocycles. The molecule has 0 spiro atoms. The molecular formula is C20H26N2O6S. The van der Waals surface area contributed by atoms with E-state index in [9.17, 15) is 18.0 Å². The number of benzene rings is 1. The van der Waals surface area contributed by atoms with Crippen LogP contribution < -0.4 is 10.2 Å². The number of cyclic esters (lactones) is 2. The third kappa shape index (κ3) is 5.09. The number of nitrogens with one attached hydrogen (secondary N) is 1. The van der Waals surface area contributed by atoms with Gasteiger partial charge in [0.1, 0.15) is 0 Å². The molecule has 0 radical (unpaired) electrons. The van der Waals surface area contributed by atoms with Crippen LogP contribution in [0.3, 0.4) is 0 Å². The van der Waals surface area contributed by atoms with E-state index < -0.39 is 27.6 Å². The van der Waals surface area contributed by atoms with E-state index in [1.165, 1.54) is 32.8 Å². The zero-order valence-corrected chi connectivity index (χ0v) is 17.7. The Bertz CT molecular complexity index is 922. The Balaban J connectivity index is 1.93. The number of esters is 2. The molecule has 0 atom stereocenters. The van der Waals surface area contributed by atoms with Gasteiger partial charge in [0.2, 0.25) is 0 Å². The Morgan fingerprint density at radius 2 is 1.62 bits per heavy atom. The Hall–Kier alpha value is -2.55. The third-order valence-electron chi connectivity index (χ3n) is 4.82. The SMILES string of the molecule is CC1(C)OC(=O)C(=CNc2cc(N3CCCCCC3)ccc2S(C)(=O)=O)C(=O)O1. The summed E-state index contributed by atoms with van der Waals surface area (Å²) in [5.41, 5.74) is 0.839. The lowest BCUT2D eigenvalue weighted by Crippen LogP contribution is -2.42. The van der Waals surface area contributed by atoms with Crippen molar-refractivity contribution in [1.82, 2.24) is 0 Å². The number of sulfone groups is 1. The summed E-state index contributed by atoms with van der Waals surface area (Å²) in [6.07, 6.45) is 6.75. The molecule has 8 nitrogen and oxygen atoms in total. The lowest BCUT2D eigenvalue weighted by Gasteiger charge is -2.29. The smallest absolute Gasteiger partial charge is 0.350 e. The van der Waals surface area contributed by atoms with Crippen molar-refractivity contribution < 1.29 is 27.5 Å². The fourth-order valence-corrected chi connectivity index (χ4v) is 4.24. The molecule has 1 N–H and O–H groups in total. The van der Waals surface area contributed by atoms with Gasteiger partial charge in [0.25, 0.3) is 5.79 Å².